The first-order chi connectivity index (χ1) is 4.27. The summed E-state index contributed by atoms with van der Waals surface area (Å²) in [6.45, 7) is 2.01. The van der Waals surface area contributed by atoms with Crippen molar-refractivity contribution in [1.29, 1.82) is 0 Å². The van der Waals surface area contributed by atoms with Crippen molar-refractivity contribution in [2.75, 3.05) is 13.2 Å². The number of carbonyl (C=O) groups is 1. The van der Waals surface area contributed by atoms with E-state index in [0.717, 1.165) is 0 Å². The molecule has 0 heterocycles. The molecule has 0 aliphatic carbocycles. The van der Waals surface area contributed by atoms with Crippen molar-refractivity contribution in [1.82, 2.24) is 5.25 Å². The standard InChI is InChI=1S/C4H10NO3P/c1-4(6)7-2-3-8-5-9/h5H,2-3,9H2,1H3. The summed E-state index contributed by atoms with van der Waals surface area (Å²) in [5.41, 5.74) is 0. The topological polar surface area (TPSA) is 47.6 Å². The van der Waals surface area contributed by atoms with Crippen LogP contribution in [0.25, 0.3) is 0 Å². The number of nitrogens with one attached hydrogen (secondary N) is 1. The maximum absolute atomic E-state index is 10.1. The Morgan fingerprint density at radius 3 is 2.78 bits per heavy atom. The normalized spacial score (nSPS) is 9.11. The third kappa shape index (κ3) is 7.82. The fraction of sp³-hybridized carbons (Fsp3) is 0.750. The van der Waals surface area contributed by atoms with Crippen molar-refractivity contribution in [2.24, 2.45) is 0 Å². The van der Waals surface area contributed by atoms with E-state index in [4.69, 9.17) is 0 Å². The Morgan fingerprint density at radius 2 is 2.33 bits per heavy atom. The van der Waals surface area contributed by atoms with Gasteiger partial charge in [-0.3, -0.25) is 9.63 Å². The summed E-state index contributed by atoms with van der Waals surface area (Å²) in [4.78, 5) is 14.7. The monoisotopic (exact) mass is 151 g/mol. The Morgan fingerprint density at radius 1 is 1.67 bits per heavy atom. The Bertz CT molecular complexity index is 87.9. The number of ether oxygens (including phenoxy) is 1. The first-order valence-electron chi connectivity index (χ1n) is 2.48. The molecular weight excluding hydrogens is 141 g/mol. The SMILES string of the molecule is CC(=O)OCCONP. The lowest BCUT2D eigenvalue weighted by Crippen LogP contribution is -2.10. The zero-order chi connectivity index (χ0) is 7.11. The molecule has 4 nitrogen and oxygen atoms in total. The zero-order valence-electron chi connectivity index (χ0n) is 5.22. The van der Waals surface area contributed by atoms with E-state index in [1.165, 1.54) is 6.92 Å². The number of hydrogen-bond donors (Lipinski definition) is 1. The molecule has 0 aliphatic rings. The van der Waals surface area contributed by atoms with Crippen LogP contribution < -0.4 is 5.25 Å². The van der Waals surface area contributed by atoms with Gasteiger partial charge in [0.15, 0.2) is 0 Å². The van der Waals surface area contributed by atoms with Gasteiger partial charge in [0.2, 0.25) is 0 Å². The fourth-order valence-electron chi connectivity index (χ4n) is 0.286. The Hall–Kier alpha value is -0.180. The summed E-state index contributed by atoms with van der Waals surface area (Å²) in [6.07, 6.45) is 0. The summed E-state index contributed by atoms with van der Waals surface area (Å²) in [6, 6.07) is 0. The van der Waals surface area contributed by atoms with Crippen LogP contribution in [0, 0.1) is 0 Å². The van der Waals surface area contributed by atoms with E-state index in [1.54, 1.807) is 0 Å². The molecule has 1 unspecified atom stereocenters. The van der Waals surface area contributed by atoms with Gasteiger partial charge in [0.25, 0.3) is 0 Å². The van der Waals surface area contributed by atoms with Crippen molar-refractivity contribution in [3.05, 3.63) is 0 Å². The van der Waals surface area contributed by atoms with Crippen LogP contribution in [-0.4, -0.2) is 19.2 Å². The third-order valence-electron chi connectivity index (χ3n) is 0.574. The van der Waals surface area contributed by atoms with E-state index in [0.29, 0.717) is 6.61 Å². The lowest BCUT2D eigenvalue weighted by molar-refractivity contribution is -0.142. The average Bonchev–Trinajstić information content (AvgIpc) is 1.80. The van der Waals surface area contributed by atoms with E-state index in [9.17, 15) is 4.79 Å². The molecule has 0 rings (SSSR count). The van der Waals surface area contributed by atoms with Gasteiger partial charge in [-0.1, -0.05) is 0 Å². The first kappa shape index (κ1) is 8.82. The number of hydrogen-bond acceptors (Lipinski definition) is 4. The Balaban J connectivity index is 2.83. The molecule has 0 aromatic heterocycles. The molecule has 0 aromatic rings. The zero-order valence-corrected chi connectivity index (χ0v) is 6.37. The van der Waals surface area contributed by atoms with Crippen LogP contribution in [0.5, 0.6) is 0 Å². The van der Waals surface area contributed by atoms with Gasteiger partial charge in [0.05, 0.1) is 0 Å². The largest absolute Gasteiger partial charge is 0.463 e. The van der Waals surface area contributed by atoms with Crippen LogP contribution in [0.15, 0.2) is 0 Å². The highest BCUT2D eigenvalue weighted by Gasteiger charge is 1.89. The smallest absolute Gasteiger partial charge is 0.302 e. The average molecular weight is 151 g/mol. The molecule has 54 valence electrons. The lowest BCUT2D eigenvalue weighted by Gasteiger charge is -2.00. The van der Waals surface area contributed by atoms with Crippen LogP contribution >= 0.6 is 9.39 Å². The second-order valence-corrected chi connectivity index (χ2v) is 1.54. The first-order valence-corrected chi connectivity index (χ1v) is 3.06. The molecule has 0 amide bonds. The molecule has 0 radical (unpaired) electrons. The predicted octanol–water partition coefficient (Wildman–Crippen LogP) is -0.139. The van der Waals surface area contributed by atoms with Crippen molar-refractivity contribution in [3.63, 3.8) is 0 Å². The van der Waals surface area contributed by atoms with Crippen LogP contribution in [0.4, 0.5) is 0 Å². The number of esters is 1. The highest BCUT2D eigenvalue weighted by atomic mass is 31.0. The maximum atomic E-state index is 10.1. The molecule has 1 atom stereocenters. The molecule has 5 heteroatoms. The predicted molar refractivity (Wildman–Crippen MR) is 35.4 cm³/mol. The summed E-state index contributed by atoms with van der Waals surface area (Å²) < 4.78 is 4.53. The molecule has 0 aliphatic heterocycles. The summed E-state index contributed by atoms with van der Waals surface area (Å²) >= 11 is 0. The van der Waals surface area contributed by atoms with Crippen LogP contribution in [0.1, 0.15) is 6.92 Å². The van der Waals surface area contributed by atoms with Gasteiger partial charge in [-0.15, -0.1) is 0 Å². The summed E-state index contributed by atoms with van der Waals surface area (Å²) in [5, 5.41) is 2.37. The van der Waals surface area contributed by atoms with Crippen molar-refractivity contribution >= 4 is 15.4 Å². The summed E-state index contributed by atoms with van der Waals surface area (Å²) in [5.74, 6) is -0.289. The van der Waals surface area contributed by atoms with Gasteiger partial charge >= 0.3 is 5.97 Å². The van der Waals surface area contributed by atoms with E-state index in [1.807, 2.05) is 0 Å². The van der Waals surface area contributed by atoms with Crippen molar-refractivity contribution < 1.29 is 14.4 Å². The Labute approximate surface area is 56.1 Å². The van der Waals surface area contributed by atoms with E-state index in [-0.39, 0.29) is 12.6 Å². The highest BCUT2D eigenvalue weighted by molar-refractivity contribution is 7.13. The van der Waals surface area contributed by atoms with E-state index in [2.05, 4.69) is 24.2 Å². The molecular formula is C4H10NO3P. The molecule has 0 bridgehead atoms. The number of rotatable bonds is 4. The maximum Gasteiger partial charge on any atom is 0.302 e. The van der Waals surface area contributed by atoms with Gasteiger partial charge in [-0.25, -0.2) is 0 Å². The van der Waals surface area contributed by atoms with Crippen molar-refractivity contribution in [2.45, 2.75) is 6.92 Å². The molecule has 0 saturated carbocycles. The van der Waals surface area contributed by atoms with Gasteiger partial charge in [-0.2, -0.15) is 5.25 Å². The number of carbonyl (C=O) groups excluding carboxylic acids is 1. The fourth-order valence-corrected chi connectivity index (χ4v) is 0.404. The molecule has 9 heavy (non-hydrogen) atoms. The quantitative estimate of drug-likeness (QED) is 0.263. The second-order valence-electron chi connectivity index (χ2n) is 1.31. The molecule has 0 fully saturated rings. The minimum absolute atomic E-state index is 0.288. The second kappa shape index (κ2) is 5.95. The van der Waals surface area contributed by atoms with E-state index < -0.39 is 0 Å². The lowest BCUT2D eigenvalue weighted by atomic mass is 10.7. The molecule has 0 aromatic carbocycles. The van der Waals surface area contributed by atoms with Gasteiger partial charge in [-0.05, 0) is 9.39 Å². The van der Waals surface area contributed by atoms with Crippen LogP contribution in [0.2, 0.25) is 0 Å². The summed E-state index contributed by atoms with van der Waals surface area (Å²) in [7, 11) is 2.16. The third-order valence-corrected chi connectivity index (χ3v) is 0.741. The van der Waals surface area contributed by atoms with E-state index >= 15 is 0 Å². The van der Waals surface area contributed by atoms with Crippen LogP contribution in [-0.2, 0) is 14.4 Å². The molecule has 1 N–H and O–H groups in total. The minimum Gasteiger partial charge on any atom is -0.463 e. The van der Waals surface area contributed by atoms with Crippen molar-refractivity contribution in [3.8, 4) is 0 Å². The van der Waals surface area contributed by atoms with Gasteiger partial charge in [0, 0.05) is 6.92 Å². The minimum atomic E-state index is -0.289. The highest BCUT2D eigenvalue weighted by Crippen LogP contribution is 1.77. The molecule has 0 spiro atoms. The van der Waals surface area contributed by atoms with Crippen LogP contribution in [0.3, 0.4) is 0 Å². The Kier molecular flexibility index (Phi) is 5.83. The van der Waals surface area contributed by atoms with Gasteiger partial charge in [0.1, 0.15) is 13.2 Å². The molecule has 0 saturated heterocycles. The van der Waals surface area contributed by atoms with Gasteiger partial charge < -0.3 is 4.74 Å².